The summed E-state index contributed by atoms with van der Waals surface area (Å²) < 4.78 is 5.82. The van der Waals surface area contributed by atoms with E-state index < -0.39 is 6.04 Å². The number of carbonyl (C=O) groups is 2. The number of nitrogens with two attached hydrogens (primary N) is 1. The summed E-state index contributed by atoms with van der Waals surface area (Å²) in [6, 6.07) is -0.547. The minimum absolute atomic E-state index is 0.0891. The lowest BCUT2D eigenvalue weighted by molar-refractivity contribution is -0.153. The highest BCUT2D eigenvalue weighted by atomic mass is 16.5. The summed E-state index contributed by atoms with van der Waals surface area (Å²) in [5, 5.41) is 0. The van der Waals surface area contributed by atoms with E-state index >= 15 is 0 Å². The summed E-state index contributed by atoms with van der Waals surface area (Å²) in [4.78, 5) is 24.8. The average molecular weight is 430 g/mol. The highest BCUT2D eigenvalue weighted by Crippen LogP contribution is 2.71. The Morgan fingerprint density at radius 3 is 2.35 bits per heavy atom. The van der Waals surface area contributed by atoms with Gasteiger partial charge in [-0.1, -0.05) is 40.2 Å². The molecule has 0 aromatic carbocycles. The van der Waals surface area contributed by atoms with Crippen LogP contribution in [0.3, 0.4) is 0 Å². The van der Waals surface area contributed by atoms with E-state index in [-0.39, 0.29) is 34.7 Å². The molecule has 0 heterocycles. The van der Waals surface area contributed by atoms with Crippen molar-refractivity contribution in [3.05, 3.63) is 11.6 Å². The Balaban J connectivity index is 1.56. The van der Waals surface area contributed by atoms with Crippen LogP contribution in [-0.2, 0) is 14.3 Å². The van der Waals surface area contributed by atoms with Gasteiger partial charge < -0.3 is 10.5 Å². The molecule has 3 fully saturated rings. The Morgan fingerprint density at radius 1 is 1.00 bits per heavy atom. The lowest BCUT2D eigenvalue weighted by Gasteiger charge is -2.64. The van der Waals surface area contributed by atoms with Crippen molar-refractivity contribution < 1.29 is 14.3 Å². The topological polar surface area (TPSA) is 69.4 Å². The number of ketones is 1. The fourth-order valence-corrected chi connectivity index (χ4v) is 8.62. The predicted octanol–water partition coefficient (Wildman–Crippen LogP) is 5.44. The quantitative estimate of drug-likeness (QED) is 0.477. The van der Waals surface area contributed by atoms with Crippen molar-refractivity contribution in [1.29, 1.82) is 0 Å². The van der Waals surface area contributed by atoms with Gasteiger partial charge in [-0.05, 0) is 98.4 Å². The van der Waals surface area contributed by atoms with Crippen LogP contribution in [0.4, 0.5) is 0 Å². The average Bonchev–Trinajstić information content (AvgIpc) is 3.06. The zero-order valence-electron chi connectivity index (χ0n) is 20.5. The SMILES string of the molecule is CC(=O)C1CCC2C1(C)CCC1C3(C)CCC(OC(=O)C(N)C(C)C)C=C3CCC12C. The van der Waals surface area contributed by atoms with Gasteiger partial charge in [0.15, 0.2) is 0 Å². The molecule has 4 rings (SSSR count). The Kier molecular flexibility index (Phi) is 5.72. The predicted molar refractivity (Wildman–Crippen MR) is 123 cm³/mol. The molecule has 4 aliphatic rings. The van der Waals surface area contributed by atoms with Gasteiger partial charge in [-0.15, -0.1) is 0 Å². The van der Waals surface area contributed by atoms with Gasteiger partial charge in [-0.25, -0.2) is 0 Å². The third-order valence-electron chi connectivity index (χ3n) is 10.4. The number of carbonyl (C=O) groups excluding carboxylic acids is 2. The molecule has 174 valence electrons. The van der Waals surface area contributed by atoms with Crippen molar-refractivity contribution in [2.45, 2.75) is 105 Å². The number of hydrogen-bond donors (Lipinski definition) is 1. The minimum atomic E-state index is -0.547. The first-order valence-corrected chi connectivity index (χ1v) is 12.6. The van der Waals surface area contributed by atoms with Crippen LogP contribution < -0.4 is 5.73 Å². The van der Waals surface area contributed by atoms with E-state index in [4.69, 9.17) is 10.5 Å². The molecule has 0 bridgehead atoms. The Morgan fingerprint density at radius 2 is 1.71 bits per heavy atom. The minimum Gasteiger partial charge on any atom is -0.457 e. The van der Waals surface area contributed by atoms with Gasteiger partial charge >= 0.3 is 5.97 Å². The maximum atomic E-state index is 12.4. The first-order chi connectivity index (χ1) is 14.4. The standard InChI is InChI=1S/C27H43NO3/c1-16(2)23(28)24(30)31-19-10-13-25(4)18(15-19)9-12-27(6)21-8-7-20(17(3)29)26(21,5)14-11-22(25)27/h15-16,19-23H,7-14,28H2,1-6H3. The highest BCUT2D eigenvalue weighted by molar-refractivity contribution is 5.79. The van der Waals surface area contributed by atoms with E-state index in [0.29, 0.717) is 23.0 Å². The summed E-state index contributed by atoms with van der Waals surface area (Å²) in [5.41, 5.74) is 8.18. The highest BCUT2D eigenvalue weighted by Gasteiger charge is 2.64. The Labute approximate surface area is 188 Å². The van der Waals surface area contributed by atoms with Crippen LogP contribution in [0, 0.1) is 39.9 Å². The number of rotatable bonds is 4. The van der Waals surface area contributed by atoms with Gasteiger partial charge in [0.1, 0.15) is 17.9 Å². The fraction of sp³-hybridized carbons (Fsp3) is 0.852. The molecule has 8 atom stereocenters. The maximum Gasteiger partial charge on any atom is 0.323 e. The van der Waals surface area contributed by atoms with E-state index in [2.05, 4.69) is 26.8 Å². The molecule has 0 aromatic heterocycles. The normalized spacial score (nSPS) is 45.2. The van der Waals surface area contributed by atoms with Gasteiger partial charge in [0.2, 0.25) is 0 Å². The molecule has 0 saturated heterocycles. The summed E-state index contributed by atoms with van der Waals surface area (Å²) in [5.74, 6) is 1.77. The van der Waals surface area contributed by atoms with Gasteiger partial charge in [0.25, 0.3) is 0 Å². The monoisotopic (exact) mass is 429 g/mol. The van der Waals surface area contributed by atoms with Crippen LogP contribution in [0.2, 0.25) is 0 Å². The van der Waals surface area contributed by atoms with Crippen molar-refractivity contribution in [1.82, 2.24) is 0 Å². The summed E-state index contributed by atoms with van der Waals surface area (Å²) >= 11 is 0. The van der Waals surface area contributed by atoms with E-state index in [0.717, 1.165) is 25.7 Å². The van der Waals surface area contributed by atoms with Crippen LogP contribution >= 0.6 is 0 Å². The van der Waals surface area contributed by atoms with Crippen molar-refractivity contribution in [2.24, 2.45) is 45.7 Å². The Bertz CT molecular complexity index is 787. The first kappa shape index (κ1) is 23.0. The molecule has 8 unspecified atom stereocenters. The maximum absolute atomic E-state index is 12.4. The number of fused-ring (bicyclic) bond motifs is 5. The molecule has 0 aromatic rings. The van der Waals surface area contributed by atoms with Gasteiger partial charge in [0.05, 0.1) is 0 Å². The second-order valence-corrected chi connectivity index (χ2v) is 12.3. The zero-order valence-corrected chi connectivity index (χ0v) is 20.5. The molecular weight excluding hydrogens is 386 g/mol. The number of ether oxygens (including phenoxy) is 1. The molecule has 0 amide bonds. The zero-order chi connectivity index (χ0) is 22.8. The summed E-state index contributed by atoms with van der Waals surface area (Å²) in [6.07, 6.45) is 11.1. The van der Waals surface area contributed by atoms with Crippen LogP contribution in [0.5, 0.6) is 0 Å². The third-order valence-corrected chi connectivity index (χ3v) is 10.4. The van der Waals surface area contributed by atoms with Gasteiger partial charge in [-0.2, -0.15) is 0 Å². The van der Waals surface area contributed by atoms with Crippen molar-refractivity contribution >= 4 is 11.8 Å². The second kappa shape index (κ2) is 7.71. The van der Waals surface area contributed by atoms with Crippen LogP contribution in [0.1, 0.15) is 92.9 Å². The first-order valence-electron chi connectivity index (χ1n) is 12.6. The van der Waals surface area contributed by atoms with Crippen LogP contribution in [-0.4, -0.2) is 23.9 Å². The Hall–Kier alpha value is -1.16. The van der Waals surface area contributed by atoms with E-state index in [1.807, 2.05) is 20.8 Å². The lowest BCUT2D eigenvalue weighted by atomic mass is 9.41. The largest absolute Gasteiger partial charge is 0.457 e. The number of Topliss-reactive ketones (excluding diaryl/α,β-unsaturated/α-hetero) is 1. The smallest absolute Gasteiger partial charge is 0.323 e. The third kappa shape index (κ3) is 3.43. The fourth-order valence-electron chi connectivity index (χ4n) is 8.62. The van der Waals surface area contributed by atoms with Crippen LogP contribution in [0.25, 0.3) is 0 Å². The van der Waals surface area contributed by atoms with Gasteiger partial charge in [0, 0.05) is 5.92 Å². The van der Waals surface area contributed by atoms with Crippen molar-refractivity contribution in [3.8, 4) is 0 Å². The molecule has 4 nitrogen and oxygen atoms in total. The molecule has 4 aliphatic carbocycles. The van der Waals surface area contributed by atoms with Gasteiger partial charge in [-0.3, -0.25) is 9.59 Å². The number of allylic oxidation sites excluding steroid dienone is 1. The van der Waals surface area contributed by atoms with E-state index in [1.54, 1.807) is 0 Å². The molecule has 2 N–H and O–H groups in total. The molecule has 31 heavy (non-hydrogen) atoms. The van der Waals surface area contributed by atoms with Crippen LogP contribution in [0.15, 0.2) is 11.6 Å². The number of hydrogen-bond acceptors (Lipinski definition) is 4. The molecule has 0 spiro atoms. The van der Waals surface area contributed by atoms with Crippen molar-refractivity contribution in [2.75, 3.05) is 0 Å². The van der Waals surface area contributed by atoms with E-state index in [1.165, 1.54) is 31.3 Å². The molecule has 0 radical (unpaired) electrons. The summed E-state index contributed by atoms with van der Waals surface area (Å²) in [7, 11) is 0. The molecular formula is C27H43NO3. The van der Waals surface area contributed by atoms with Crippen molar-refractivity contribution in [3.63, 3.8) is 0 Å². The molecule has 0 aliphatic heterocycles. The summed E-state index contributed by atoms with van der Waals surface area (Å²) in [6.45, 7) is 13.2. The lowest BCUT2D eigenvalue weighted by Crippen LogP contribution is -2.56. The number of esters is 1. The molecule has 4 heteroatoms. The van der Waals surface area contributed by atoms with E-state index in [9.17, 15) is 9.59 Å². The second-order valence-electron chi connectivity index (χ2n) is 12.3. The molecule has 3 saturated carbocycles.